The van der Waals surface area contributed by atoms with Crippen LogP contribution < -0.4 is 10.2 Å². The highest BCUT2D eigenvalue weighted by Gasteiger charge is 2.45. The van der Waals surface area contributed by atoms with Crippen LogP contribution in [-0.4, -0.2) is 26.2 Å². The number of alkyl halides is 3. The number of rotatable bonds is 1. The number of hydrogen-bond donors (Lipinski definition) is 1. The minimum absolute atomic E-state index is 0.242. The van der Waals surface area contributed by atoms with E-state index in [4.69, 9.17) is 11.6 Å². The Morgan fingerprint density at radius 2 is 2.00 bits per heavy atom. The van der Waals surface area contributed by atoms with E-state index in [9.17, 15) is 13.2 Å². The first kappa shape index (κ1) is 13.1. The van der Waals surface area contributed by atoms with Crippen LogP contribution in [0.15, 0.2) is 18.2 Å². The normalized spacial score (nSPS) is 21.8. The van der Waals surface area contributed by atoms with Gasteiger partial charge < -0.3 is 10.2 Å². The Balaban J connectivity index is 1.80. The molecule has 0 amide bonds. The van der Waals surface area contributed by atoms with Crippen LogP contribution in [0.4, 0.5) is 18.9 Å². The van der Waals surface area contributed by atoms with Gasteiger partial charge in [-0.1, -0.05) is 11.6 Å². The van der Waals surface area contributed by atoms with Crippen molar-refractivity contribution in [2.75, 3.05) is 31.1 Å². The summed E-state index contributed by atoms with van der Waals surface area (Å²) >= 11 is 5.62. The predicted octanol–water partition coefficient (Wildman–Crippen LogP) is 3.16. The van der Waals surface area contributed by atoms with E-state index in [2.05, 4.69) is 5.32 Å². The standard InChI is InChI=1S/C13H14ClF3N2/c14-11-2-1-9(5-10(11)13(15,16)17)19-7-12(8-19)3-4-18-6-12/h1-2,5,18H,3-4,6-8H2. The van der Waals surface area contributed by atoms with Crippen molar-refractivity contribution in [1.82, 2.24) is 5.32 Å². The molecule has 0 atom stereocenters. The summed E-state index contributed by atoms with van der Waals surface area (Å²) in [5, 5.41) is 3.06. The molecule has 104 valence electrons. The summed E-state index contributed by atoms with van der Waals surface area (Å²) in [6.45, 7) is 3.60. The maximum absolute atomic E-state index is 12.8. The smallest absolute Gasteiger partial charge is 0.370 e. The lowest BCUT2D eigenvalue weighted by molar-refractivity contribution is -0.137. The molecule has 19 heavy (non-hydrogen) atoms. The molecule has 2 aliphatic rings. The molecule has 2 aliphatic heterocycles. The van der Waals surface area contributed by atoms with Crippen LogP contribution in [0, 0.1) is 5.41 Å². The molecule has 3 rings (SSSR count). The van der Waals surface area contributed by atoms with Gasteiger partial charge in [-0.05, 0) is 31.2 Å². The Bertz CT molecular complexity index is 487. The molecule has 0 unspecified atom stereocenters. The topological polar surface area (TPSA) is 15.3 Å². The van der Waals surface area contributed by atoms with Crippen LogP contribution in [0.3, 0.4) is 0 Å². The third-order valence-corrected chi connectivity index (χ3v) is 4.33. The highest BCUT2D eigenvalue weighted by atomic mass is 35.5. The van der Waals surface area contributed by atoms with Gasteiger partial charge in [0.05, 0.1) is 10.6 Å². The summed E-state index contributed by atoms with van der Waals surface area (Å²) in [5.74, 6) is 0. The van der Waals surface area contributed by atoms with E-state index in [1.807, 2.05) is 4.90 Å². The van der Waals surface area contributed by atoms with Gasteiger partial charge in [0.2, 0.25) is 0 Å². The SMILES string of the molecule is FC(F)(F)c1cc(N2CC3(CCNC3)C2)ccc1Cl. The second-order valence-corrected chi connectivity index (χ2v) is 5.85. The Morgan fingerprint density at radius 1 is 1.26 bits per heavy atom. The Hall–Kier alpha value is -0.940. The molecule has 2 heterocycles. The molecule has 2 nitrogen and oxygen atoms in total. The molecule has 1 N–H and O–H groups in total. The fourth-order valence-corrected chi connectivity index (χ4v) is 3.16. The summed E-state index contributed by atoms with van der Waals surface area (Å²) in [5.41, 5.74) is 0.115. The van der Waals surface area contributed by atoms with Crippen molar-refractivity contribution >= 4 is 17.3 Å². The van der Waals surface area contributed by atoms with Gasteiger partial charge in [0.15, 0.2) is 0 Å². The van der Waals surface area contributed by atoms with E-state index in [0.29, 0.717) is 5.69 Å². The fraction of sp³-hybridized carbons (Fsp3) is 0.538. The van der Waals surface area contributed by atoms with Crippen molar-refractivity contribution in [3.63, 3.8) is 0 Å². The fourth-order valence-electron chi connectivity index (χ4n) is 2.94. The third-order valence-electron chi connectivity index (χ3n) is 4.01. The average Bonchev–Trinajstić information content (AvgIpc) is 2.75. The van der Waals surface area contributed by atoms with Crippen molar-refractivity contribution in [2.24, 2.45) is 5.41 Å². The van der Waals surface area contributed by atoms with Gasteiger partial charge in [0, 0.05) is 30.7 Å². The van der Waals surface area contributed by atoms with Gasteiger partial charge in [-0.15, -0.1) is 0 Å². The van der Waals surface area contributed by atoms with Gasteiger partial charge in [-0.3, -0.25) is 0 Å². The Kier molecular flexibility index (Phi) is 2.94. The largest absolute Gasteiger partial charge is 0.417 e. The van der Waals surface area contributed by atoms with Gasteiger partial charge in [0.1, 0.15) is 0 Å². The summed E-state index contributed by atoms with van der Waals surface area (Å²) in [7, 11) is 0. The molecule has 1 aromatic carbocycles. The first-order valence-corrected chi connectivity index (χ1v) is 6.60. The van der Waals surface area contributed by atoms with E-state index in [1.54, 1.807) is 6.07 Å². The maximum atomic E-state index is 12.8. The zero-order valence-electron chi connectivity index (χ0n) is 10.2. The van der Waals surface area contributed by atoms with Crippen LogP contribution in [0.2, 0.25) is 5.02 Å². The van der Waals surface area contributed by atoms with Gasteiger partial charge in [-0.25, -0.2) is 0 Å². The summed E-state index contributed by atoms with van der Waals surface area (Å²) in [6, 6.07) is 4.14. The highest BCUT2D eigenvalue weighted by Crippen LogP contribution is 2.42. The van der Waals surface area contributed by atoms with Crippen molar-refractivity contribution in [3.8, 4) is 0 Å². The molecule has 1 spiro atoms. The number of nitrogens with one attached hydrogen (secondary N) is 1. The number of hydrogen-bond acceptors (Lipinski definition) is 2. The lowest BCUT2D eigenvalue weighted by atomic mass is 9.79. The zero-order chi connectivity index (χ0) is 13.7. The van der Waals surface area contributed by atoms with Crippen molar-refractivity contribution in [1.29, 1.82) is 0 Å². The van der Waals surface area contributed by atoms with Crippen molar-refractivity contribution < 1.29 is 13.2 Å². The molecule has 6 heteroatoms. The minimum atomic E-state index is -4.40. The first-order chi connectivity index (χ1) is 8.90. The molecular weight excluding hydrogens is 277 g/mol. The molecule has 0 radical (unpaired) electrons. The molecular formula is C13H14ClF3N2. The van der Waals surface area contributed by atoms with E-state index < -0.39 is 11.7 Å². The molecule has 0 aromatic heterocycles. The molecule has 0 aliphatic carbocycles. The lowest BCUT2D eigenvalue weighted by Crippen LogP contribution is -2.57. The minimum Gasteiger partial charge on any atom is -0.370 e. The predicted molar refractivity (Wildman–Crippen MR) is 68.6 cm³/mol. The van der Waals surface area contributed by atoms with Crippen LogP contribution >= 0.6 is 11.6 Å². The molecule has 2 fully saturated rings. The van der Waals surface area contributed by atoms with Gasteiger partial charge in [0.25, 0.3) is 0 Å². The lowest BCUT2D eigenvalue weighted by Gasteiger charge is -2.49. The number of anilines is 1. The monoisotopic (exact) mass is 290 g/mol. The molecule has 0 saturated carbocycles. The van der Waals surface area contributed by atoms with Crippen molar-refractivity contribution in [3.05, 3.63) is 28.8 Å². The second-order valence-electron chi connectivity index (χ2n) is 5.44. The number of benzene rings is 1. The number of halogens is 4. The Morgan fingerprint density at radius 3 is 2.58 bits per heavy atom. The summed E-state index contributed by atoms with van der Waals surface area (Å²) in [6.07, 6.45) is -3.30. The first-order valence-electron chi connectivity index (χ1n) is 6.22. The van der Waals surface area contributed by atoms with Gasteiger partial charge >= 0.3 is 6.18 Å². The maximum Gasteiger partial charge on any atom is 0.417 e. The molecule has 2 saturated heterocycles. The van der Waals surface area contributed by atoms with Crippen LogP contribution in [0.25, 0.3) is 0 Å². The zero-order valence-corrected chi connectivity index (χ0v) is 11.0. The average molecular weight is 291 g/mol. The van der Waals surface area contributed by atoms with E-state index in [0.717, 1.165) is 38.7 Å². The van der Waals surface area contributed by atoms with Crippen molar-refractivity contribution in [2.45, 2.75) is 12.6 Å². The third kappa shape index (κ3) is 2.30. The van der Waals surface area contributed by atoms with Crippen LogP contribution in [0.5, 0.6) is 0 Å². The van der Waals surface area contributed by atoms with E-state index >= 15 is 0 Å². The van der Waals surface area contributed by atoms with E-state index in [1.165, 1.54) is 6.07 Å². The molecule has 0 bridgehead atoms. The number of nitrogens with zero attached hydrogens (tertiary/aromatic N) is 1. The van der Waals surface area contributed by atoms with E-state index in [-0.39, 0.29) is 10.4 Å². The van der Waals surface area contributed by atoms with Crippen LogP contribution in [0.1, 0.15) is 12.0 Å². The summed E-state index contributed by atoms with van der Waals surface area (Å²) < 4.78 is 38.4. The molecule has 1 aromatic rings. The van der Waals surface area contributed by atoms with Crippen LogP contribution in [-0.2, 0) is 6.18 Å². The Labute approximate surface area is 114 Å². The van der Waals surface area contributed by atoms with Gasteiger partial charge in [-0.2, -0.15) is 13.2 Å². The second kappa shape index (κ2) is 4.28. The highest BCUT2D eigenvalue weighted by molar-refractivity contribution is 6.31. The quantitative estimate of drug-likeness (QED) is 0.855. The summed E-state index contributed by atoms with van der Waals surface area (Å²) in [4.78, 5) is 1.98.